The quantitative estimate of drug-likeness (QED) is 0.0169. The van der Waals surface area contributed by atoms with E-state index in [4.69, 9.17) is 37.0 Å². The third kappa shape index (κ3) is 73.5. The van der Waals surface area contributed by atoms with Gasteiger partial charge in [0.1, 0.15) is 19.3 Å². The molecular formula is C83H140O17P2. The molecule has 3 N–H and O–H groups in total. The van der Waals surface area contributed by atoms with Gasteiger partial charge in [-0.2, -0.15) is 0 Å². The predicted molar refractivity (Wildman–Crippen MR) is 418 cm³/mol. The molecule has 5 unspecified atom stereocenters. The molecule has 0 aromatic heterocycles. The van der Waals surface area contributed by atoms with Gasteiger partial charge in [0.15, 0.2) is 12.2 Å². The Morgan fingerprint density at radius 1 is 0.284 bits per heavy atom. The van der Waals surface area contributed by atoms with Crippen molar-refractivity contribution >= 4 is 39.5 Å². The molecular weight excluding hydrogens is 1330 g/mol. The summed E-state index contributed by atoms with van der Waals surface area (Å²) < 4.78 is 68.5. The van der Waals surface area contributed by atoms with E-state index in [0.29, 0.717) is 32.1 Å². The van der Waals surface area contributed by atoms with Crippen molar-refractivity contribution in [1.29, 1.82) is 0 Å². The number of aliphatic hydroxyl groups is 1. The highest BCUT2D eigenvalue weighted by molar-refractivity contribution is 7.47. The van der Waals surface area contributed by atoms with Gasteiger partial charge in [0.2, 0.25) is 0 Å². The minimum absolute atomic E-state index is 0.0360. The van der Waals surface area contributed by atoms with E-state index in [1.807, 2.05) is 0 Å². The summed E-state index contributed by atoms with van der Waals surface area (Å²) in [5.74, 6) is -2.27. The summed E-state index contributed by atoms with van der Waals surface area (Å²) in [5, 5.41) is 10.6. The number of hydrogen-bond donors (Lipinski definition) is 3. The lowest BCUT2D eigenvalue weighted by molar-refractivity contribution is -0.161. The highest BCUT2D eigenvalue weighted by Gasteiger charge is 2.30. The number of phosphoric acid groups is 2. The molecule has 584 valence electrons. The first-order valence-electron chi connectivity index (χ1n) is 39.4. The van der Waals surface area contributed by atoms with E-state index in [1.165, 1.54) is 38.5 Å². The molecule has 0 radical (unpaired) electrons. The van der Waals surface area contributed by atoms with Gasteiger partial charge in [-0.3, -0.25) is 37.3 Å². The summed E-state index contributed by atoms with van der Waals surface area (Å²) in [6.45, 7) is 4.55. The fraction of sp³-hybridized carbons (Fsp3) is 0.687. The summed E-state index contributed by atoms with van der Waals surface area (Å²) in [6.07, 6.45) is 82.9. The van der Waals surface area contributed by atoms with Crippen LogP contribution in [-0.2, 0) is 65.4 Å². The first-order chi connectivity index (χ1) is 49.7. The number of carbonyl (C=O) groups is 4. The first-order valence-corrected chi connectivity index (χ1v) is 42.4. The summed E-state index contributed by atoms with van der Waals surface area (Å²) in [7, 11) is -9.98. The van der Waals surface area contributed by atoms with Gasteiger partial charge in [0, 0.05) is 25.7 Å². The zero-order valence-corrected chi connectivity index (χ0v) is 65.5. The molecule has 5 atom stereocenters. The maximum Gasteiger partial charge on any atom is 0.472 e. The highest BCUT2D eigenvalue weighted by atomic mass is 31.2. The molecule has 0 spiro atoms. The zero-order chi connectivity index (χ0) is 74.6. The van der Waals surface area contributed by atoms with Crippen molar-refractivity contribution in [3.05, 3.63) is 134 Å². The van der Waals surface area contributed by atoms with E-state index >= 15 is 0 Å². The van der Waals surface area contributed by atoms with Crippen molar-refractivity contribution < 1.29 is 80.2 Å². The molecule has 17 nitrogen and oxygen atoms in total. The van der Waals surface area contributed by atoms with E-state index < -0.39 is 97.5 Å². The smallest absolute Gasteiger partial charge is 0.462 e. The van der Waals surface area contributed by atoms with Gasteiger partial charge in [-0.1, -0.05) is 258 Å². The number of esters is 4. The van der Waals surface area contributed by atoms with Crippen molar-refractivity contribution in [1.82, 2.24) is 0 Å². The van der Waals surface area contributed by atoms with Crippen LogP contribution in [0.1, 0.15) is 310 Å². The lowest BCUT2D eigenvalue weighted by Crippen LogP contribution is -2.30. The van der Waals surface area contributed by atoms with Crippen LogP contribution in [0.5, 0.6) is 0 Å². The SMILES string of the molecule is CC/C=C\C/C=C\C/C=C\C/C=C\CCCCC(=O)OC(COC(=O)CCCCCCCC/C=C\C/C=C\C/C=C\CCCCC)COP(=O)(O)OCC(O)COP(=O)(O)OCC(COC(=O)CCCCCCC/C=C\C/C=C\CCCCC)OC(=O)CCCCCCC/C=C\C/C=C\CCC. The highest BCUT2D eigenvalue weighted by Crippen LogP contribution is 2.45. The fourth-order valence-electron chi connectivity index (χ4n) is 10.0. The van der Waals surface area contributed by atoms with Crippen LogP contribution in [0, 0.1) is 0 Å². The molecule has 0 rings (SSSR count). The van der Waals surface area contributed by atoms with Gasteiger partial charge in [0.25, 0.3) is 0 Å². The Balaban J connectivity index is 5.41. The summed E-state index contributed by atoms with van der Waals surface area (Å²) in [6, 6.07) is 0. The minimum Gasteiger partial charge on any atom is -0.462 e. The van der Waals surface area contributed by atoms with Gasteiger partial charge < -0.3 is 33.8 Å². The van der Waals surface area contributed by atoms with Crippen molar-refractivity contribution in [3.8, 4) is 0 Å². The average molecular weight is 1470 g/mol. The lowest BCUT2D eigenvalue weighted by atomic mass is 10.1. The Morgan fingerprint density at radius 3 is 0.843 bits per heavy atom. The van der Waals surface area contributed by atoms with Crippen molar-refractivity contribution in [2.24, 2.45) is 0 Å². The third-order valence-corrected chi connectivity index (χ3v) is 18.0. The van der Waals surface area contributed by atoms with Gasteiger partial charge >= 0.3 is 39.5 Å². The molecule has 102 heavy (non-hydrogen) atoms. The zero-order valence-electron chi connectivity index (χ0n) is 63.7. The standard InChI is InChI=1S/C83H140O17P2/c1-5-9-13-17-21-25-29-33-36-37-38-39-42-45-48-52-56-60-64-68-81(86)94-74-79(100-83(88)70-66-62-58-54-50-46-41-35-31-27-23-19-15-11-7-3)76-98-102(91,92)96-72-77(84)71-95-101(89,90)97-75-78(99-82(87)69-65-61-57-53-49-43-32-28-24-20-16-12-8-4)73-93-80(85)67-63-59-55-51-47-44-40-34-30-26-22-18-14-10-6-2/h11,15-16,20-23,25-28,32-36,38-41,50,54,77-79,84H,5-10,12-14,17-19,24,29-31,37,42-49,51-53,55-76H2,1-4H3,(H,89,90)(H,91,92)/b15-11-,20-16-,25-21-,26-22-,27-23-,32-28-,36-33-,39-38-,40-34-,41-35-,54-50-. The molecule has 0 aliphatic heterocycles. The van der Waals surface area contributed by atoms with Crippen LogP contribution in [-0.4, -0.2) is 96.7 Å². The number of unbranched alkanes of at least 4 members (excludes halogenated alkanes) is 25. The molecule has 19 heteroatoms. The first kappa shape index (κ1) is 97.2. The molecule has 0 fully saturated rings. The van der Waals surface area contributed by atoms with Gasteiger partial charge in [0.05, 0.1) is 26.4 Å². The van der Waals surface area contributed by atoms with Gasteiger partial charge in [-0.25, -0.2) is 9.13 Å². The number of aliphatic hydroxyl groups excluding tert-OH is 1. The Labute approximate surface area is 618 Å². The predicted octanol–water partition coefficient (Wildman–Crippen LogP) is 22.9. The van der Waals surface area contributed by atoms with E-state index in [2.05, 4.69) is 161 Å². The molecule has 0 bridgehead atoms. The second-order valence-corrected chi connectivity index (χ2v) is 28.8. The fourth-order valence-corrected chi connectivity index (χ4v) is 11.6. The monoisotopic (exact) mass is 1470 g/mol. The summed E-state index contributed by atoms with van der Waals surface area (Å²) in [5.41, 5.74) is 0. The molecule has 0 aliphatic carbocycles. The van der Waals surface area contributed by atoms with Gasteiger partial charge in [-0.15, -0.1) is 0 Å². The Bertz CT molecular complexity index is 2460. The van der Waals surface area contributed by atoms with E-state index in [0.717, 1.165) is 186 Å². The molecule has 0 aromatic carbocycles. The Morgan fingerprint density at radius 2 is 0.529 bits per heavy atom. The maximum absolute atomic E-state index is 13.1. The molecule has 0 aromatic rings. The number of hydrogen-bond acceptors (Lipinski definition) is 15. The Kier molecular flexibility index (Phi) is 71.0. The normalized spacial score (nSPS) is 14.6. The number of phosphoric ester groups is 2. The second kappa shape index (κ2) is 74.5. The van der Waals surface area contributed by atoms with Crippen LogP contribution in [0.2, 0.25) is 0 Å². The average Bonchev–Trinajstić information content (AvgIpc) is 0.907. The van der Waals surface area contributed by atoms with Crippen LogP contribution >= 0.6 is 15.6 Å². The van der Waals surface area contributed by atoms with Crippen LogP contribution in [0.15, 0.2) is 134 Å². The van der Waals surface area contributed by atoms with Gasteiger partial charge in [-0.05, 0) is 161 Å². The minimum atomic E-state index is -5.00. The van der Waals surface area contributed by atoms with Crippen LogP contribution in [0.3, 0.4) is 0 Å². The Hall–Kier alpha value is -4.80. The number of allylic oxidation sites excluding steroid dienone is 22. The van der Waals surface area contributed by atoms with E-state index in [1.54, 1.807) is 0 Å². The number of carbonyl (C=O) groups excluding carboxylic acids is 4. The lowest BCUT2D eigenvalue weighted by Gasteiger charge is -2.21. The summed E-state index contributed by atoms with van der Waals surface area (Å²) in [4.78, 5) is 72.9. The van der Waals surface area contributed by atoms with E-state index in [-0.39, 0.29) is 25.7 Å². The number of ether oxygens (including phenoxy) is 4. The number of rotatable bonds is 73. The van der Waals surface area contributed by atoms with E-state index in [9.17, 15) is 43.2 Å². The largest absolute Gasteiger partial charge is 0.472 e. The summed E-state index contributed by atoms with van der Waals surface area (Å²) >= 11 is 0. The molecule has 0 amide bonds. The maximum atomic E-state index is 13.1. The topological polar surface area (TPSA) is 237 Å². The molecule has 0 saturated carbocycles. The third-order valence-electron chi connectivity index (χ3n) is 16.0. The van der Waals surface area contributed by atoms with Crippen molar-refractivity contribution in [2.75, 3.05) is 39.6 Å². The van der Waals surface area contributed by atoms with Crippen LogP contribution < -0.4 is 0 Å². The molecule has 0 saturated heterocycles. The van der Waals surface area contributed by atoms with Crippen LogP contribution in [0.25, 0.3) is 0 Å². The van der Waals surface area contributed by atoms with Crippen LogP contribution in [0.4, 0.5) is 0 Å². The molecule has 0 aliphatic rings. The molecule has 0 heterocycles. The van der Waals surface area contributed by atoms with Crippen molar-refractivity contribution in [3.63, 3.8) is 0 Å². The second-order valence-electron chi connectivity index (χ2n) is 25.9. The van der Waals surface area contributed by atoms with Crippen molar-refractivity contribution in [2.45, 2.75) is 329 Å².